The van der Waals surface area contributed by atoms with Crippen LogP contribution in [-0.2, 0) is 4.79 Å². The van der Waals surface area contributed by atoms with E-state index in [-0.39, 0.29) is 24.2 Å². The Hall–Kier alpha value is -3.35. The molecular formula is C18H16N2O5. The van der Waals surface area contributed by atoms with Crippen LogP contribution >= 0.6 is 0 Å². The fraction of sp³-hybridized carbons (Fsp3) is 0.167. The SMILES string of the molecule is O=C(/C=C/c1ccccc1[N+](=O)[O-])NCC1COc2ccccc2O1. The second kappa shape index (κ2) is 7.48. The minimum atomic E-state index is -0.484. The zero-order valence-corrected chi connectivity index (χ0v) is 13.3. The highest BCUT2D eigenvalue weighted by molar-refractivity contribution is 5.92. The van der Waals surface area contributed by atoms with E-state index in [0.29, 0.717) is 23.7 Å². The molecule has 25 heavy (non-hydrogen) atoms. The third-order valence-corrected chi connectivity index (χ3v) is 3.62. The maximum absolute atomic E-state index is 11.9. The Kier molecular flexibility index (Phi) is 4.94. The molecule has 1 amide bonds. The number of carbonyl (C=O) groups is 1. The van der Waals surface area contributed by atoms with E-state index in [4.69, 9.17) is 9.47 Å². The molecule has 0 fully saturated rings. The largest absolute Gasteiger partial charge is 0.486 e. The number of nitro benzene ring substituents is 1. The molecule has 1 N–H and O–H groups in total. The summed E-state index contributed by atoms with van der Waals surface area (Å²) in [5.41, 5.74) is 0.320. The van der Waals surface area contributed by atoms with Crippen molar-refractivity contribution in [3.8, 4) is 11.5 Å². The Bertz CT molecular complexity index is 819. The lowest BCUT2D eigenvalue weighted by atomic mass is 10.1. The predicted octanol–water partition coefficient (Wildman–Crippen LogP) is 2.56. The second-order valence-corrected chi connectivity index (χ2v) is 5.39. The van der Waals surface area contributed by atoms with Gasteiger partial charge >= 0.3 is 0 Å². The molecule has 0 saturated heterocycles. The van der Waals surface area contributed by atoms with Crippen LogP contribution < -0.4 is 14.8 Å². The van der Waals surface area contributed by atoms with Gasteiger partial charge < -0.3 is 14.8 Å². The highest BCUT2D eigenvalue weighted by Crippen LogP contribution is 2.30. The predicted molar refractivity (Wildman–Crippen MR) is 91.5 cm³/mol. The summed E-state index contributed by atoms with van der Waals surface area (Å²) in [6.45, 7) is 0.611. The van der Waals surface area contributed by atoms with Gasteiger partial charge in [-0.1, -0.05) is 24.3 Å². The molecule has 7 nitrogen and oxygen atoms in total. The fourth-order valence-corrected chi connectivity index (χ4v) is 2.40. The van der Waals surface area contributed by atoms with Crippen molar-refractivity contribution in [3.05, 3.63) is 70.3 Å². The van der Waals surface area contributed by atoms with Gasteiger partial charge in [-0.25, -0.2) is 0 Å². The quantitative estimate of drug-likeness (QED) is 0.513. The van der Waals surface area contributed by atoms with Crippen molar-refractivity contribution in [3.63, 3.8) is 0 Å². The zero-order valence-electron chi connectivity index (χ0n) is 13.3. The standard InChI is InChI=1S/C18H16N2O5/c21-18(10-9-13-5-1-2-6-15(13)20(22)23)19-11-14-12-24-16-7-3-4-8-17(16)25-14/h1-10,14H,11-12H2,(H,19,21)/b10-9+. The van der Waals surface area contributed by atoms with Crippen LogP contribution in [0.1, 0.15) is 5.56 Å². The lowest BCUT2D eigenvalue weighted by Crippen LogP contribution is -2.40. The lowest BCUT2D eigenvalue weighted by molar-refractivity contribution is -0.385. The van der Waals surface area contributed by atoms with Gasteiger partial charge in [-0.05, 0) is 24.3 Å². The molecule has 3 rings (SSSR count). The third-order valence-electron chi connectivity index (χ3n) is 3.62. The smallest absolute Gasteiger partial charge is 0.276 e. The van der Waals surface area contributed by atoms with E-state index in [2.05, 4.69) is 5.32 Å². The van der Waals surface area contributed by atoms with Crippen LogP contribution in [0.5, 0.6) is 11.5 Å². The van der Waals surface area contributed by atoms with Gasteiger partial charge in [-0.2, -0.15) is 0 Å². The molecule has 1 aliphatic heterocycles. The van der Waals surface area contributed by atoms with Gasteiger partial charge in [0, 0.05) is 12.1 Å². The van der Waals surface area contributed by atoms with E-state index in [1.807, 2.05) is 18.2 Å². The number of hydrogen-bond acceptors (Lipinski definition) is 5. The number of nitrogens with one attached hydrogen (secondary N) is 1. The zero-order chi connectivity index (χ0) is 17.6. The maximum atomic E-state index is 11.9. The topological polar surface area (TPSA) is 90.7 Å². The van der Waals surface area contributed by atoms with Crippen LogP contribution in [0.15, 0.2) is 54.6 Å². The summed E-state index contributed by atoms with van der Waals surface area (Å²) < 4.78 is 11.3. The number of fused-ring (bicyclic) bond motifs is 1. The summed E-state index contributed by atoms with van der Waals surface area (Å²) in [6.07, 6.45) is 2.39. The summed E-state index contributed by atoms with van der Waals surface area (Å²) in [6, 6.07) is 13.6. The molecule has 7 heteroatoms. The summed E-state index contributed by atoms with van der Waals surface area (Å²) in [5, 5.41) is 13.6. The Morgan fingerprint density at radius 3 is 2.72 bits per heavy atom. The molecule has 1 atom stereocenters. The van der Waals surface area contributed by atoms with Gasteiger partial charge in [0.25, 0.3) is 5.69 Å². The van der Waals surface area contributed by atoms with Crippen LogP contribution in [0.4, 0.5) is 5.69 Å². The number of benzene rings is 2. The number of hydrogen-bond donors (Lipinski definition) is 1. The first-order valence-corrected chi connectivity index (χ1v) is 7.71. The highest BCUT2D eigenvalue weighted by Gasteiger charge is 2.20. The summed E-state index contributed by atoms with van der Waals surface area (Å²) in [4.78, 5) is 22.4. The van der Waals surface area contributed by atoms with Crippen molar-refractivity contribution >= 4 is 17.7 Å². The molecule has 2 aromatic carbocycles. The number of rotatable bonds is 5. The molecule has 0 spiro atoms. The average Bonchev–Trinajstić information content (AvgIpc) is 2.64. The molecular weight excluding hydrogens is 324 g/mol. The Morgan fingerprint density at radius 2 is 1.92 bits per heavy atom. The van der Waals surface area contributed by atoms with Crippen LogP contribution in [0, 0.1) is 10.1 Å². The maximum Gasteiger partial charge on any atom is 0.276 e. The number of nitro groups is 1. The third kappa shape index (κ3) is 4.14. The van der Waals surface area contributed by atoms with Crippen LogP contribution in [0.25, 0.3) is 6.08 Å². The van der Waals surface area contributed by atoms with Gasteiger partial charge in [-0.3, -0.25) is 14.9 Å². The van der Waals surface area contributed by atoms with Crippen molar-refractivity contribution in [1.29, 1.82) is 0 Å². The monoisotopic (exact) mass is 340 g/mol. The molecule has 2 aromatic rings. The van der Waals surface area contributed by atoms with Crippen molar-refractivity contribution in [2.45, 2.75) is 6.10 Å². The first-order chi connectivity index (χ1) is 12.1. The van der Waals surface area contributed by atoms with E-state index < -0.39 is 4.92 Å². The first kappa shape index (κ1) is 16.5. The average molecular weight is 340 g/mol. The van der Waals surface area contributed by atoms with E-state index in [0.717, 1.165) is 0 Å². The molecule has 0 aliphatic carbocycles. The van der Waals surface area contributed by atoms with Gasteiger partial charge in [-0.15, -0.1) is 0 Å². The molecule has 0 aromatic heterocycles. The normalized spacial score (nSPS) is 15.8. The second-order valence-electron chi connectivity index (χ2n) is 5.39. The minimum Gasteiger partial charge on any atom is -0.486 e. The van der Waals surface area contributed by atoms with Gasteiger partial charge in [0.05, 0.1) is 17.0 Å². The summed E-state index contributed by atoms with van der Waals surface area (Å²) in [7, 11) is 0. The minimum absolute atomic E-state index is 0.0489. The van der Waals surface area contributed by atoms with Crippen LogP contribution in [0.2, 0.25) is 0 Å². The number of carbonyl (C=O) groups excluding carboxylic acids is 1. The van der Waals surface area contributed by atoms with E-state index >= 15 is 0 Å². The lowest BCUT2D eigenvalue weighted by Gasteiger charge is -2.26. The van der Waals surface area contributed by atoms with E-state index in [1.54, 1.807) is 24.3 Å². The molecule has 0 bridgehead atoms. The van der Waals surface area contributed by atoms with Gasteiger partial charge in [0.2, 0.25) is 5.91 Å². The van der Waals surface area contributed by atoms with E-state index in [1.165, 1.54) is 18.2 Å². The molecule has 0 radical (unpaired) electrons. The van der Waals surface area contributed by atoms with Crippen molar-refractivity contribution < 1.29 is 19.2 Å². The molecule has 1 heterocycles. The van der Waals surface area contributed by atoms with Crippen molar-refractivity contribution in [1.82, 2.24) is 5.32 Å². The van der Waals surface area contributed by atoms with Gasteiger partial charge in [0.1, 0.15) is 12.7 Å². The fourth-order valence-electron chi connectivity index (χ4n) is 2.40. The number of amides is 1. The first-order valence-electron chi connectivity index (χ1n) is 7.71. The summed E-state index contributed by atoms with van der Waals surface area (Å²) >= 11 is 0. The Labute approximate surface area is 144 Å². The van der Waals surface area contributed by atoms with E-state index in [9.17, 15) is 14.9 Å². The number of nitrogens with zero attached hydrogens (tertiary/aromatic N) is 1. The summed E-state index contributed by atoms with van der Waals surface area (Å²) in [5.74, 6) is 0.963. The van der Waals surface area contributed by atoms with Crippen LogP contribution in [0.3, 0.4) is 0 Å². The molecule has 0 saturated carbocycles. The van der Waals surface area contributed by atoms with Crippen molar-refractivity contribution in [2.75, 3.05) is 13.2 Å². The Balaban J connectivity index is 1.55. The number of para-hydroxylation sites is 3. The molecule has 128 valence electrons. The Morgan fingerprint density at radius 1 is 1.20 bits per heavy atom. The van der Waals surface area contributed by atoms with Crippen molar-refractivity contribution in [2.24, 2.45) is 0 Å². The van der Waals surface area contributed by atoms with Crippen LogP contribution in [-0.4, -0.2) is 30.1 Å². The molecule has 1 aliphatic rings. The number of ether oxygens (including phenoxy) is 2. The highest BCUT2D eigenvalue weighted by atomic mass is 16.6. The van der Waals surface area contributed by atoms with Gasteiger partial charge in [0.15, 0.2) is 11.5 Å². The molecule has 1 unspecified atom stereocenters.